The molecule has 0 saturated carbocycles. The average Bonchev–Trinajstić information content (AvgIpc) is 2.25. The highest BCUT2D eigenvalue weighted by Crippen LogP contribution is 2.12. The molecule has 0 atom stereocenters. The molecule has 0 radical (unpaired) electrons. The van der Waals surface area contributed by atoms with E-state index >= 15 is 0 Å². The van der Waals surface area contributed by atoms with Crippen LogP contribution in [0.15, 0.2) is 41.1 Å². The van der Waals surface area contributed by atoms with Crippen LogP contribution >= 0.6 is 15.9 Å². The summed E-state index contributed by atoms with van der Waals surface area (Å²) in [7, 11) is 0. The molecule has 15 heavy (non-hydrogen) atoms. The van der Waals surface area contributed by atoms with E-state index in [9.17, 15) is 0 Å². The number of halogens is 1. The Morgan fingerprint density at radius 2 is 1.67 bits per heavy atom. The van der Waals surface area contributed by atoms with Gasteiger partial charge in [-0.3, -0.25) is 0 Å². The zero-order valence-electron chi connectivity index (χ0n) is 8.02. The largest absolute Gasteiger partial charge is 0.396 e. The molecule has 2 rings (SSSR count). The molecule has 0 aliphatic carbocycles. The smallest absolute Gasteiger partial charge is 0.132 e. The lowest BCUT2D eigenvalue weighted by Gasteiger charge is -2.00. The van der Waals surface area contributed by atoms with Gasteiger partial charge in [0, 0.05) is 10.9 Å². The van der Waals surface area contributed by atoms with Crippen molar-refractivity contribution in [3.8, 4) is 0 Å². The topological polar surface area (TPSA) is 51.8 Å². The SMILES string of the molecule is Nc1cnc(Cc2ccc(Br)cc2)nc1. The Kier molecular flexibility index (Phi) is 2.97. The number of nitrogen functional groups attached to an aromatic ring is 1. The van der Waals surface area contributed by atoms with Gasteiger partial charge >= 0.3 is 0 Å². The van der Waals surface area contributed by atoms with Gasteiger partial charge in [0.1, 0.15) is 5.82 Å². The van der Waals surface area contributed by atoms with Gasteiger partial charge in [-0.05, 0) is 17.7 Å². The first-order valence-corrected chi connectivity index (χ1v) is 5.34. The molecule has 0 fully saturated rings. The van der Waals surface area contributed by atoms with Crippen molar-refractivity contribution >= 4 is 21.6 Å². The molecule has 2 N–H and O–H groups in total. The summed E-state index contributed by atoms with van der Waals surface area (Å²) in [5, 5.41) is 0. The summed E-state index contributed by atoms with van der Waals surface area (Å²) < 4.78 is 1.07. The fourth-order valence-corrected chi connectivity index (χ4v) is 1.51. The molecule has 0 saturated heterocycles. The maximum Gasteiger partial charge on any atom is 0.132 e. The van der Waals surface area contributed by atoms with Gasteiger partial charge < -0.3 is 5.73 Å². The van der Waals surface area contributed by atoms with Crippen molar-refractivity contribution in [2.45, 2.75) is 6.42 Å². The lowest BCUT2D eigenvalue weighted by Crippen LogP contribution is -1.97. The van der Waals surface area contributed by atoms with Crippen molar-refractivity contribution in [3.05, 3.63) is 52.5 Å². The van der Waals surface area contributed by atoms with E-state index < -0.39 is 0 Å². The summed E-state index contributed by atoms with van der Waals surface area (Å²) in [6.07, 6.45) is 3.98. The van der Waals surface area contributed by atoms with Gasteiger partial charge in [0.2, 0.25) is 0 Å². The maximum atomic E-state index is 5.51. The predicted octanol–water partition coefficient (Wildman–Crippen LogP) is 2.41. The van der Waals surface area contributed by atoms with E-state index in [-0.39, 0.29) is 0 Å². The van der Waals surface area contributed by atoms with Crippen LogP contribution in [-0.4, -0.2) is 9.97 Å². The summed E-state index contributed by atoms with van der Waals surface area (Å²) in [5.41, 5.74) is 7.28. The quantitative estimate of drug-likeness (QED) is 0.906. The summed E-state index contributed by atoms with van der Waals surface area (Å²) >= 11 is 3.39. The number of aromatic nitrogens is 2. The number of nitrogens with two attached hydrogens (primary N) is 1. The second kappa shape index (κ2) is 4.40. The van der Waals surface area contributed by atoms with Gasteiger partial charge in [-0.25, -0.2) is 9.97 Å². The van der Waals surface area contributed by atoms with Gasteiger partial charge in [0.15, 0.2) is 0 Å². The molecule has 0 aliphatic heterocycles. The van der Waals surface area contributed by atoms with E-state index in [1.807, 2.05) is 24.3 Å². The third-order valence-electron chi connectivity index (χ3n) is 2.00. The minimum Gasteiger partial charge on any atom is -0.396 e. The van der Waals surface area contributed by atoms with Crippen LogP contribution in [0.5, 0.6) is 0 Å². The van der Waals surface area contributed by atoms with Crippen LogP contribution in [0, 0.1) is 0 Å². The highest BCUT2D eigenvalue weighted by molar-refractivity contribution is 9.10. The Morgan fingerprint density at radius 1 is 1.07 bits per heavy atom. The maximum absolute atomic E-state index is 5.51. The first-order chi connectivity index (χ1) is 7.24. The van der Waals surface area contributed by atoms with E-state index in [0.29, 0.717) is 5.69 Å². The molecule has 2 aromatic rings. The normalized spacial score (nSPS) is 10.2. The van der Waals surface area contributed by atoms with Crippen LogP contribution in [0.2, 0.25) is 0 Å². The molecule has 76 valence electrons. The molecule has 3 nitrogen and oxygen atoms in total. The van der Waals surface area contributed by atoms with Crippen molar-refractivity contribution < 1.29 is 0 Å². The molecule has 1 aromatic carbocycles. The van der Waals surface area contributed by atoms with Gasteiger partial charge in [0.25, 0.3) is 0 Å². The second-order valence-corrected chi connectivity index (χ2v) is 4.15. The van der Waals surface area contributed by atoms with Crippen molar-refractivity contribution in [2.24, 2.45) is 0 Å². The second-order valence-electron chi connectivity index (χ2n) is 3.24. The summed E-state index contributed by atoms with van der Waals surface area (Å²) in [6, 6.07) is 8.10. The van der Waals surface area contributed by atoms with Crippen molar-refractivity contribution in [2.75, 3.05) is 5.73 Å². The first-order valence-electron chi connectivity index (χ1n) is 4.55. The molecule has 0 amide bonds. The average molecular weight is 264 g/mol. The predicted molar refractivity (Wildman–Crippen MR) is 63.4 cm³/mol. The van der Waals surface area contributed by atoms with E-state index in [0.717, 1.165) is 16.7 Å². The third-order valence-corrected chi connectivity index (χ3v) is 2.53. The highest BCUT2D eigenvalue weighted by atomic mass is 79.9. The number of hydrogen-bond donors (Lipinski definition) is 1. The minimum absolute atomic E-state index is 0.592. The number of benzene rings is 1. The van der Waals surface area contributed by atoms with E-state index in [4.69, 9.17) is 5.73 Å². The number of nitrogens with zero attached hydrogens (tertiary/aromatic N) is 2. The summed E-state index contributed by atoms with van der Waals surface area (Å²) in [5.74, 6) is 0.784. The van der Waals surface area contributed by atoms with Crippen LogP contribution in [0.1, 0.15) is 11.4 Å². The van der Waals surface area contributed by atoms with Gasteiger partial charge in [-0.1, -0.05) is 28.1 Å². The van der Waals surface area contributed by atoms with Gasteiger partial charge in [0.05, 0.1) is 18.1 Å². The molecule has 0 unspecified atom stereocenters. The fraction of sp³-hybridized carbons (Fsp3) is 0.0909. The molecular weight excluding hydrogens is 254 g/mol. The summed E-state index contributed by atoms with van der Waals surface area (Å²) in [6.45, 7) is 0. The van der Waals surface area contributed by atoms with Crippen LogP contribution in [0.4, 0.5) is 5.69 Å². The zero-order valence-corrected chi connectivity index (χ0v) is 9.61. The number of rotatable bonds is 2. The molecule has 0 spiro atoms. The van der Waals surface area contributed by atoms with Gasteiger partial charge in [-0.2, -0.15) is 0 Å². The fourth-order valence-electron chi connectivity index (χ4n) is 1.24. The van der Waals surface area contributed by atoms with E-state index in [2.05, 4.69) is 25.9 Å². The van der Waals surface area contributed by atoms with Crippen LogP contribution in [-0.2, 0) is 6.42 Å². The van der Waals surface area contributed by atoms with Crippen molar-refractivity contribution in [1.29, 1.82) is 0 Å². The standard InChI is InChI=1S/C11H10BrN3/c12-9-3-1-8(2-4-9)5-11-14-6-10(13)7-15-11/h1-4,6-7H,5,13H2. The van der Waals surface area contributed by atoms with Crippen molar-refractivity contribution in [3.63, 3.8) is 0 Å². The lowest BCUT2D eigenvalue weighted by atomic mass is 10.1. The molecule has 1 aromatic heterocycles. The highest BCUT2D eigenvalue weighted by Gasteiger charge is 1.98. The Bertz CT molecular complexity index is 393. The Morgan fingerprint density at radius 3 is 2.27 bits per heavy atom. The van der Waals surface area contributed by atoms with Crippen LogP contribution < -0.4 is 5.73 Å². The van der Waals surface area contributed by atoms with Crippen LogP contribution in [0.3, 0.4) is 0 Å². The molecular formula is C11H10BrN3. The Labute approximate surface area is 96.5 Å². The molecule has 1 heterocycles. The molecule has 0 bridgehead atoms. The van der Waals surface area contributed by atoms with E-state index in [1.165, 1.54) is 5.56 Å². The van der Waals surface area contributed by atoms with Crippen LogP contribution in [0.25, 0.3) is 0 Å². The number of hydrogen-bond acceptors (Lipinski definition) is 3. The lowest BCUT2D eigenvalue weighted by molar-refractivity contribution is 0.970. The van der Waals surface area contributed by atoms with Gasteiger partial charge in [-0.15, -0.1) is 0 Å². The molecule has 4 heteroatoms. The van der Waals surface area contributed by atoms with E-state index in [1.54, 1.807) is 12.4 Å². The Balaban J connectivity index is 2.15. The zero-order chi connectivity index (χ0) is 10.7. The minimum atomic E-state index is 0.592. The first kappa shape index (κ1) is 10.1. The number of anilines is 1. The Hall–Kier alpha value is -1.42. The third kappa shape index (κ3) is 2.76. The summed E-state index contributed by atoms with van der Waals surface area (Å²) in [4.78, 5) is 8.30. The molecule has 0 aliphatic rings. The monoisotopic (exact) mass is 263 g/mol. The van der Waals surface area contributed by atoms with Crippen molar-refractivity contribution in [1.82, 2.24) is 9.97 Å².